The molecule has 1 atom stereocenters. The van der Waals surface area contributed by atoms with Crippen molar-refractivity contribution in [2.45, 2.75) is 59.0 Å². The largest absolute Gasteiger partial charge is 0.490 e. The molecule has 20 heavy (non-hydrogen) atoms. The highest BCUT2D eigenvalue weighted by atomic mass is 16.5. The molecule has 0 aliphatic heterocycles. The van der Waals surface area contributed by atoms with Gasteiger partial charge in [-0.25, -0.2) is 0 Å². The fourth-order valence-corrected chi connectivity index (χ4v) is 1.96. The lowest BCUT2D eigenvalue weighted by molar-refractivity contribution is 0.231. The van der Waals surface area contributed by atoms with Crippen LogP contribution in [-0.4, -0.2) is 25.3 Å². The molecule has 1 aromatic carbocycles. The first-order valence-electron chi connectivity index (χ1n) is 7.78. The van der Waals surface area contributed by atoms with E-state index in [1.54, 1.807) is 0 Å². The van der Waals surface area contributed by atoms with E-state index in [4.69, 9.17) is 9.47 Å². The van der Waals surface area contributed by atoms with Crippen molar-refractivity contribution in [3.05, 3.63) is 24.3 Å². The Morgan fingerprint density at radius 3 is 2.25 bits per heavy atom. The highest BCUT2D eigenvalue weighted by molar-refractivity contribution is 5.39. The summed E-state index contributed by atoms with van der Waals surface area (Å²) in [6.45, 7) is 10.1. The van der Waals surface area contributed by atoms with Crippen LogP contribution in [0.25, 0.3) is 0 Å². The molecule has 114 valence electrons. The van der Waals surface area contributed by atoms with Gasteiger partial charge >= 0.3 is 0 Å². The number of rotatable bonds is 10. The van der Waals surface area contributed by atoms with Crippen LogP contribution in [0.2, 0.25) is 0 Å². The van der Waals surface area contributed by atoms with Gasteiger partial charge in [-0.3, -0.25) is 0 Å². The lowest BCUT2D eigenvalue weighted by Gasteiger charge is -2.21. The smallest absolute Gasteiger partial charge is 0.161 e. The second-order valence-electron chi connectivity index (χ2n) is 5.39. The molecule has 1 rings (SSSR count). The molecule has 0 heterocycles. The first-order chi connectivity index (χ1) is 9.67. The summed E-state index contributed by atoms with van der Waals surface area (Å²) in [6, 6.07) is 8.76. The summed E-state index contributed by atoms with van der Waals surface area (Å²) >= 11 is 0. The van der Waals surface area contributed by atoms with Gasteiger partial charge in [0, 0.05) is 12.1 Å². The summed E-state index contributed by atoms with van der Waals surface area (Å²) in [4.78, 5) is 0. The lowest BCUT2D eigenvalue weighted by Crippen LogP contribution is -2.38. The van der Waals surface area contributed by atoms with Gasteiger partial charge in [0.2, 0.25) is 0 Å². The lowest BCUT2D eigenvalue weighted by atomic mass is 10.2. The number of unbranched alkanes of at least 4 members (excludes halogenated alkanes) is 1. The van der Waals surface area contributed by atoms with Crippen molar-refractivity contribution in [1.82, 2.24) is 5.32 Å². The molecule has 1 N–H and O–H groups in total. The Labute approximate surface area is 123 Å². The van der Waals surface area contributed by atoms with Gasteiger partial charge in [0.15, 0.2) is 11.5 Å². The molecule has 0 amide bonds. The number of benzene rings is 1. The number of para-hydroxylation sites is 2. The fraction of sp³-hybridized carbons (Fsp3) is 0.647. The van der Waals surface area contributed by atoms with Gasteiger partial charge in [0.25, 0.3) is 0 Å². The summed E-state index contributed by atoms with van der Waals surface area (Å²) in [5, 5.41) is 3.51. The van der Waals surface area contributed by atoms with Crippen molar-refractivity contribution in [3.8, 4) is 11.5 Å². The Morgan fingerprint density at radius 1 is 1.05 bits per heavy atom. The molecule has 0 radical (unpaired) electrons. The molecule has 0 aliphatic carbocycles. The number of hydrogen-bond donors (Lipinski definition) is 1. The van der Waals surface area contributed by atoms with Crippen LogP contribution in [0.5, 0.6) is 11.5 Å². The molecule has 1 unspecified atom stereocenters. The molecule has 0 spiro atoms. The zero-order chi connectivity index (χ0) is 14.8. The molecule has 3 nitrogen and oxygen atoms in total. The zero-order valence-electron chi connectivity index (χ0n) is 13.3. The van der Waals surface area contributed by atoms with E-state index < -0.39 is 0 Å². The van der Waals surface area contributed by atoms with Crippen LogP contribution in [0.1, 0.15) is 47.0 Å². The first kappa shape index (κ1) is 16.8. The monoisotopic (exact) mass is 279 g/mol. The number of ether oxygens (including phenoxy) is 2. The van der Waals surface area contributed by atoms with Gasteiger partial charge in [0.1, 0.15) is 6.61 Å². The van der Waals surface area contributed by atoms with E-state index in [0.717, 1.165) is 37.4 Å². The van der Waals surface area contributed by atoms with E-state index in [1.807, 2.05) is 24.3 Å². The zero-order valence-corrected chi connectivity index (χ0v) is 13.3. The quantitative estimate of drug-likeness (QED) is 0.656. The van der Waals surface area contributed by atoms with E-state index >= 15 is 0 Å². The van der Waals surface area contributed by atoms with E-state index in [1.165, 1.54) is 0 Å². The third kappa shape index (κ3) is 6.29. The van der Waals surface area contributed by atoms with Gasteiger partial charge in [-0.05, 0) is 25.0 Å². The summed E-state index contributed by atoms with van der Waals surface area (Å²) < 4.78 is 11.7. The van der Waals surface area contributed by atoms with Crippen LogP contribution in [0, 0.1) is 0 Å². The van der Waals surface area contributed by atoms with E-state index in [2.05, 4.69) is 33.0 Å². The second kappa shape index (κ2) is 9.65. The topological polar surface area (TPSA) is 30.5 Å². The fourth-order valence-electron chi connectivity index (χ4n) is 1.96. The van der Waals surface area contributed by atoms with Gasteiger partial charge in [0.05, 0.1) is 6.61 Å². The van der Waals surface area contributed by atoms with Crippen molar-refractivity contribution < 1.29 is 9.47 Å². The minimum Gasteiger partial charge on any atom is -0.490 e. The van der Waals surface area contributed by atoms with E-state index in [-0.39, 0.29) is 0 Å². The molecule has 0 bridgehead atoms. The Morgan fingerprint density at radius 2 is 1.70 bits per heavy atom. The highest BCUT2D eigenvalue weighted by Gasteiger charge is 2.10. The van der Waals surface area contributed by atoms with Crippen LogP contribution in [0.4, 0.5) is 0 Å². The molecular weight excluding hydrogens is 250 g/mol. The maximum absolute atomic E-state index is 5.93. The standard InChI is InChI=1S/C17H29NO2/c1-5-7-12-19-16-10-8-9-11-17(16)20-13-15(6-2)18-14(3)4/h8-11,14-15,18H,5-7,12-13H2,1-4H3. The van der Waals surface area contributed by atoms with Crippen LogP contribution in [-0.2, 0) is 0 Å². The molecule has 3 heteroatoms. The van der Waals surface area contributed by atoms with E-state index in [9.17, 15) is 0 Å². The predicted molar refractivity (Wildman–Crippen MR) is 84.7 cm³/mol. The van der Waals surface area contributed by atoms with Crippen molar-refractivity contribution >= 4 is 0 Å². The Hall–Kier alpha value is -1.22. The number of hydrogen-bond acceptors (Lipinski definition) is 3. The maximum Gasteiger partial charge on any atom is 0.161 e. The Kier molecular flexibility index (Phi) is 8.12. The van der Waals surface area contributed by atoms with Crippen LogP contribution in [0.3, 0.4) is 0 Å². The van der Waals surface area contributed by atoms with Crippen molar-refractivity contribution in [2.75, 3.05) is 13.2 Å². The average molecular weight is 279 g/mol. The highest BCUT2D eigenvalue weighted by Crippen LogP contribution is 2.26. The van der Waals surface area contributed by atoms with Gasteiger partial charge in [-0.15, -0.1) is 0 Å². The van der Waals surface area contributed by atoms with Crippen LogP contribution < -0.4 is 14.8 Å². The third-order valence-corrected chi connectivity index (χ3v) is 3.11. The summed E-state index contributed by atoms with van der Waals surface area (Å²) in [6.07, 6.45) is 3.26. The van der Waals surface area contributed by atoms with E-state index in [0.29, 0.717) is 18.7 Å². The first-order valence-corrected chi connectivity index (χ1v) is 7.78. The van der Waals surface area contributed by atoms with Crippen molar-refractivity contribution in [1.29, 1.82) is 0 Å². The summed E-state index contributed by atoms with van der Waals surface area (Å²) in [5.74, 6) is 1.69. The second-order valence-corrected chi connectivity index (χ2v) is 5.39. The van der Waals surface area contributed by atoms with Gasteiger partial charge in [-0.2, -0.15) is 0 Å². The molecule has 0 fully saturated rings. The normalized spacial score (nSPS) is 12.4. The van der Waals surface area contributed by atoms with Crippen molar-refractivity contribution in [2.24, 2.45) is 0 Å². The van der Waals surface area contributed by atoms with Gasteiger partial charge < -0.3 is 14.8 Å². The molecular formula is C17H29NO2. The number of nitrogens with one attached hydrogen (secondary N) is 1. The molecule has 0 saturated carbocycles. The molecule has 0 saturated heterocycles. The third-order valence-electron chi connectivity index (χ3n) is 3.11. The Balaban J connectivity index is 2.53. The molecule has 1 aromatic rings. The van der Waals surface area contributed by atoms with Crippen LogP contribution in [0.15, 0.2) is 24.3 Å². The minimum absolute atomic E-state index is 0.374. The summed E-state index contributed by atoms with van der Waals surface area (Å²) in [7, 11) is 0. The molecule has 0 aromatic heterocycles. The Bertz CT molecular complexity index is 366. The van der Waals surface area contributed by atoms with Gasteiger partial charge in [-0.1, -0.05) is 46.2 Å². The minimum atomic E-state index is 0.374. The SMILES string of the molecule is CCCCOc1ccccc1OCC(CC)NC(C)C. The summed E-state index contributed by atoms with van der Waals surface area (Å²) in [5.41, 5.74) is 0. The van der Waals surface area contributed by atoms with Crippen LogP contribution >= 0.6 is 0 Å². The maximum atomic E-state index is 5.93. The average Bonchev–Trinajstić information content (AvgIpc) is 2.44. The predicted octanol–water partition coefficient (Wildman–Crippen LogP) is 4.02. The molecule has 0 aliphatic rings. The van der Waals surface area contributed by atoms with Crippen molar-refractivity contribution in [3.63, 3.8) is 0 Å².